The number of amides is 1. The van der Waals surface area contributed by atoms with Gasteiger partial charge in [0.1, 0.15) is 0 Å². The SMILES string of the molecule is O=C(C1CCC1)N1CCC[C@@H](CCc2ccc(F)c(F)c2)C1. The molecule has 1 aliphatic carbocycles. The van der Waals surface area contributed by atoms with Crippen molar-refractivity contribution in [2.24, 2.45) is 11.8 Å². The Kier molecular flexibility index (Phi) is 4.74. The monoisotopic (exact) mass is 307 g/mol. The summed E-state index contributed by atoms with van der Waals surface area (Å²) in [4.78, 5) is 14.3. The van der Waals surface area contributed by atoms with Gasteiger partial charge >= 0.3 is 0 Å². The number of aryl methyl sites for hydroxylation is 1. The zero-order valence-corrected chi connectivity index (χ0v) is 12.9. The van der Waals surface area contributed by atoms with Gasteiger partial charge in [0.2, 0.25) is 5.91 Å². The molecule has 0 spiro atoms. The summed E-state index contributed by atoms with van der Waals surface area (Å²) in [5.74, 6) is -0.485. The number of halogens is 2. The zero-order valence-electron chi connectivity index (χ0n) is 12.9. The van der Waals surface area contributed by atoms with E-state index in [9.17, 15) is 13.6 Å². The van der Waals surface area contributed by atoms with Crippen molar-refractivity contribution in [3.63, 3.8) is 0 Å². The van der Waals surface area contributed by atoms with Crippen molar-refractivity contribution in [1.29, 1.82) is 0 Å². The van der Waals surface area contributed by atoms with E-state index in [0.29, 0.717) is 11.8 Å². The Bertz CT molecular complexity index is 542. The average molecular weight is 307 g/mol. The molecule has 0 N–H and O–H groups in total. The Balaban J connectivity index is 1.51. The van der Waals surface area contributed by atoms with Crippen molar-refractivity contribution in [3.8, 4) is 0 Å². The van der Waals surface area contributed by atoms with Crippen LogP contribution in [0.15, 0.2) is 18.2 Å². The summed E-state index contributed by atoms with van der Waals surface area (Å²) < 4.78 is 26.1. The highest BCUT2D eigenvalue weighted by molar-refractivity contribution is 5.79. The van der Waals surface area contributed by atoms with E-state index in [-0.39, 0.29) is 5.92 Å². The summed E-state index contributed by atoms with van der Waals surface area (Å²) in [6.45, 7) is 1.72. The standard InChI is InChI=1S/C18H23F2NO/c19-16-9-8-13(11-17(16)20)6-7-14-3-2-10-21(12-14)18(22)15-4-1-5-15/h8-9,11,14-15H,1-7,10,12H2/t14-/m0/s1. The first-order valence-electron chi connectivity index (χ1n) is 8.36. The number of carbonyl (C=O) groups is 1. The van der Waals surface area contributed by atoms with Gasteiger partial charge in [-0.05, 0) is 62.1 Å². The van der Waals surface area contributed by atoms with Gasteiger partial charge in [-0.3, -0.25) is 4.79 Å². The second-order valence-corrected chi connectivity index (χ2v) is 6.71. The molecule has 0 aromatic heterocycles. The molecule has 1 aromatic rings. The number of piperidine rings is 1. The van der Waals surface area contributed by atoms with Gasteiger partial charge < -0.3 is 4.90 Å². The van der Waals surface area contributed by atoms with Gasteiger partial charge in [0, 0.05) is 19.0 Å². The molecule has 1 heterocycles. The molecule has 1 aliphatic heterocycles. The molecule has 0 bridgehead atoms. The number of rotatable bonds is 4. The van der Waals surface area contributed by atoms with Crippen molar-refractivity contribution in [2.75, 3.05) is 13.1 Å². The first-order valence-corrected chi connectivity index (χ1v) is 8.36. The van der Waals surface area contributed by atoms with Crippen molar-refractivity contribution < 1.29 is 13.6 Å². The van der Waals surface area contributed by atoms with Gasteiger partial charge in [-0.2, -0.15) is 0 Å². The molecule has 22 heavy (non-hydrogen) atoms. The maximum atomic E-state index is 13.2. The Morgan fingerprint density at radius 3 is 2.64 bits per heavy atom. The normalized spacial score (nSPS) is 22.5. The quantitative estimate of drug-likeness (QED) is 0.825. The lowest BCUT2D eigenvalue weighted by Crippen LogP contribution is -2.44. The van der Waals surface area contributed by atoms with Crippen LogP contribution in [0, 0.1) is 23.5 Å². The summed E-state index contributed by atoms with van der Waals surface area (Å²) in [6, 6.07) is 4.13. The molecule has 4 heteroatoms. The molecule has 2 nitrogen and oxygen atoms in total. The van der Waals surface area contributed by atoms with Crippen LogP contribution in [0.2, 0.25) is 0 Å². The molecular weight excluding hydrogens is 284 g/mol. The summed E-state index contributed by atoms with van der Waals surface area (Å²) in [6.07, 6.45) is 7.14. The van der Waals surface area contributed by atoms with Crippen LogP contribution in [0.4, 0.5) is 8.78 Å². The number of nitrogens with zero attached hydrogens (tertiary/aromatic N) is 1. The third-order valence-electron chi connectivity index (χ3n) is 5.11. The van der Waals surface area contributed by atoms with Crippen LogP contribution in [0.1, 0.15) is 44.1 Å². The molecule has 1 aromatic carbocycles. The lowest BCUT2D eigenvalue weighted by molar-refractivity contribution is -0.140. The minimum absolute atomic E-state index is 0.268. The molecule has 1 amide bonds. The third-order valence-corrected chi connectivity index (χ3v) is 5.11. The van der Waals surface area contributed by atoms with Crippen LogP contribution in [-0.4, -0.2) is 23.9 Å². The van der Waals surface area contributed by atoms with Gasteiger partial charge in [0.05, 0.1) is 0 Å². The Morgan fingerprint density at radius 1 is 1.14 bits per heavy atom. The highest BCUT2D eigenvalue weighted by Gasteiger charge is 2.31. The molecule has 0 radical (unpaired) electrons. The van der Waals surface area contributed by atoms with Gasteiger partial charge in [-0.1, -0.05) is 12.5 Å². The van der Waals surface area contributed by atoms with Crippen molar-refractivity contribution in [1.82, 2.24) is 4.90 Å². The highest BCUT2D eigenvalue weighted by atomic mass is 19.2. The summed E-state index contributed by atoms with van der Waals surface area (Å²) in [5.41, 5.74) is 0.835. The first-order chi connectivity index (χ1) is 10.6. The van der Waals surface area contributed by atoms with E-state index in [1.165, 1.54) is 18.6 Å². The van der Waals surface area contributed by atoms with Crippen molar-refractivity contribution in [3.05, 3.63) is 35.4 Å². The predicted octanol–water partition coefficient (Wildman–Crippen LogP) is 3.94. The first kappa shape index (κ1) is 15.4. The maximum Gasteiger partial charge on any atom is 0.225 e. The summed E-state index contributed by atoms with van der Waals surface area (Å²) in [7, 11) is 0. The molecule has 1 saturated heterocycles. The number of hydrogen-bond acceptors (Lipinski definition) is 1. The van der Waals surface area contributed by atoms with Gasteiger partial charge in [-0.15, -0.1) is 0 Å². The Morgan fingerprint density at radius 2 is 1.95 bits per heavy atom. The highest BCUT2D eigenvalue weighted by Crippen LogP contribution is 2.30. The lowest BCUT2D eigenvalue weighted by Gasteiger charge is -2.37. The Hall–Kier alpha value is -1.45. The number of hydrogen-bond donors (Lipinski definition) is 0. The minimum atomic E-state index is -0.793. The second-order valence-electron chi connectivity index (χ2n) is 6.71. The Labute approximate surface area is 130 Å². The largest absolute Gasteiger partial charge is 0.342 e. The molecule has 2 aliphatic rings. The number of benzene rings is 1. The van der Waals surface area contributed by atoms with Gasteiger partial charge in [-0.25, -0.2) is 8.78 Å². The van der Waals surface area contributed by atoms with E-state index >= 15 is 0 Å². The number of likely N-dealkylation sites (tertiary alicyclic amines) is 1. The van der Waals surface area contributed by atoms with Crippen molar-refractivity contribution >= 4 is 5.91 Å². The van der Waals surface area contributed by atoms with E-state index in [2.05, 4.69) is 0 Å². The van der Waals surface area contributed by atoms with E-state index < -0.39 is 11.6 Å². The third kappa shape index (κ3) is 3.47. The molecular formula is C18H23F2NO. The maximum absolute atomic E-state index is 13.2. The van der Waals surface area contributed by atoms with Crippen LogP contribution in [0.25, 0.3) is 0 Å². The van der Waals surface area contributed by atoms with Gasteiger partial charge in [0.15, 0.2) is 11.6 Å². The molecule has 3 rings (SSSR count). The molecule has 120 valence electrons. The fourth-order valence-electron chi connectivity index (χ4n) is 3.48. The lowest BCUT2D eigenvalue weighted by atomic mass is 9.83. The topological polar surface area (TPSA) is 20.3 Å². The van der Waals surface area contributed by atoms with E-state index in [1.807, 2.05) is 4.90 Å². The fraction of sp³-hybridized carbons (Fsp3) is 0.611. The predicted molar refractivity (Wildman–Crippen MR) is 81.3 cm³/mol. The van der Waals surface area contributed by atoms with Gasteiger partial charge in [0.25, 0.3) is 0 Å². The fourth-order valence-corrected chi connectivity index (χ4v) is 3.48. The van der Waals surface area contributed by atoms with Crippen LogP contribution in [0.3, 0.4) is 0 Å². The molecule has 1 saturated carbocycles. The van der Waals surface area contributed by atoms with E-state index in [0.717, 1.165) is 57.2 Å². The number of carbonyl (C=O) groups excluding carboxylic acids is 1. The van der Waals surface area contributed by atoms with E-state index in [1.54, 1.807) is 6.07 Å². The summed E-state index contributed by atoms with van der Waals surface area (Å²) in [5, 5.41) is 0. The molecule has 0 unspecified atom stereocenters. The second kappa shape index (κ2) is 6.76. The smallest absolute Gasteiger partial charge is 0.225 e. The van der Waals surface area contributed by atoms with E-state index in [4.69, 9.17) is 0 Å². The van der Waals surface area contributed by atoms with Crippen molar-refractivity contribution in [2.45, 2.75) is 44.9 Å². The molecule has 2 fully saturated rings. The molecule has 1 atom stereocenters. The average Bonchev–Trinajstić information content (AvgIpc) is 2.47. The van der Waals surface area contributed by atoms with Crippen LogP contribution in [-0.2, 0) is 11.2 Å². The summed E-state index contributed by atoms with van der Waals surface area (Å²) >= 11 is 0. The minimum Gasteiger partial charge on any atom is -0.342 e. The van der Waals surface area contributed by atoms with Crippen LogP contribution in [0.5, 0.6) is 0 Å². The zero-order chi connectivity index (χ0) is 15.5. The van der Waals surface area contributed by atoms with Crippen LogP contribution < -0.4 is 0 Å². The van der Waals surface area contributed by atoms with Crippen LogP contribution >= 0.6 is 0 Å².